The Kier molecular flexibility index (Phi) is 4.53. The molecular weight excluding hydrogens is 430 g/mol. The van der Waals surface area contributed by atoms with Gasteiger partial charge in [-0.15, -0.1) is 0 Å². The molecule has 0 fully saturated rings. The Morgan fingerprint density at radius 2 is 1.69 bits per heavy atom. The van der Waals surface area contributed by atoms with Gasteiger partial charge in [-0.3, -0.25) is 14.4 Å². The van der Waals surface area contributed by atoms with Crippen molar-refractivity contribution in [3.8, 4) is 11.3 Å². The number of carbonyl (C=O) groups is 3. The normalized spacial score (nSPS) is 13.0. The zero-order valence-corrected chi connectivity index (χ0v) is 17.8. The van der Waals surface area contributed by atoms with Crippen LogP contribution in [-0.2, 0) is 11.8 Å². The summed E-state index contributed by atoms with van der Waals surface area (Å²) in [5.41, 5.74) is 3.26. The highest BCUT2D eigenvalue weighted by atomic mass is 35.5. The zero-order valence-electron chi connectivity index (χ0n) is 17.1. The van der Waals surface area contributed by atoms with Crippen molar-refractivity contribution in [3.05, 3.63) is 70.9 Å². The van der Waals surface area contributed by atoms with E-state index in [9.17, 15) is 14.4 Å². The van der Waals surface area contributed by atoms with Crippen LogP contribution in [-0.4, -0.2) is 32.5 Å². The number of nitrogens with one attached hydrogen (secondary N) is 1. The van der Waals surface area contributed by atoms with Crippen molar-refractivity contribution in [1.29, 1.82) is 0 Å². The molecule has 8 nitrogen and oxygen atoms in total. The first kappa shape index (κ1) is 19.9. The molecule has 1 aliphatic rings. The first-order chi connectivity index (χ1) is 15.3. The minimum Gasteiger partial charge on any atom is -0.326 e. The number of fused-ring (bicyclic) bond motifs is 3. The first-order valence-corrected chi connectivity index (χ1v) is 10.1. The molecular formula is C23H16ClN5O3. The summed E-state index contributed by atoms with van der Waals surface area (Å²) in [6.45, 7) is 1.41. The van der Waals surface area contributed by atoms with Crippen molar-refractivity contribution in [2.75, 3.05) is 10.2 Å². The van der Waals surface area contributed by atoms with E-state index in [2.05, 4.69) is 15.4 Å². The van der Waals surface area contributed by atoms with Gasteiger partial charge in [-0.2, -0.15) is 5.10 Å². The topological polar surface area (TPSA) is 97.2 Å². The second-order valence-corrected chi connectivity index (χ2v) is 7.83. The van der Waals surface area contributed by atoms with E-state index in [0.717, 1.165) is 10.5 Å². The standard InChI is InChI=1S/C23H16ClN5O3/c1-12(30)26-15-7-9-16(10-8-15)29-22(31)17-11-25-21-19(18(17)23(29)32)20(27-28(21)2)13-3-5-14(24)6-4-13/h3-11H,1-2H3,(H,26,30). The average Bonchev–Trinajstić information content (AvgIpc) is 3.23. The molecule has 0 spiro atoms. The summed E-state index contributed by atoms with van der Waals surface area (Å²) in [5, 5.41) is 8.31. The number of pyridine rings is 1. The summed E-state index contributed by atoms with van der Waals surface area (Å²) in [4.78, 5) is 43.4. The molecule has 9 heteroatoms. The lowest BCUT2D eigenvalue weighted by atomic mass is 10.0. The lowest BCUT2D eigenvalue weighted by Crippen LogP contribution is -2.29. The molecule has 2 aromatic heterocycles. The zero-order chi connectivity index (χ0) is 22.6. The minimum absolute atomic E-state index is 0.210. The van der Waals surface area contributed by atoms with Crippen LogP contribution in [0.25, 0.3) is 22.3 Å². The number of aromatic nitrogens is 3. The molecule has 0 aliphatic carbocycles. The van der Waals surface area contributed by atoms with E-state index in [-0.39, 0.29) is 17.0 Å². The van der Waals surface area contributed by atoms with Gasteiger partial charge in [-0.05, 0) is 36.4 Å². The van der Waals surface area contributed by atoms with Gasteiger partial charge in [0.25, 0.3) is 11.8 Å². The third-order valence-electron chi connectivity index (χ3n) is 5.27. The number of benzene rings is 2. The molecule has 0 unspecified atom stereocenters. The molecule has 0 atom stereocenters. The number of halogens is 1. The number of nitrogens with zero attached hydrogens (tertiary/aromatic N) is 4. The second-order valence-electron chi connectivity index (χ2n) is 7.40. The van der Waals surface area contributed by atoms with Crippen LogP contribution in [0.15, 0.2) is 54.7 Å². The molecule has 4 aromatic rings. The van der Waals surface area contributed by atoms with Crippen LogP contribution in [0, 0.1) is 0 Å². The Morgan fingerprint density at radius 3 is 2.34 bits per heavy atom. The van der Waals surface area contributed by atoms with Gasteiger partial charge in [-0.25, -0.2) is 14.6 Å². The monoisotopic (exact) mass is 445 g/mol. The van der Waals surface area contributed by atoms with Gasteiger partial charge in [0.2, 0.25) is 5.91 Å². The average molecular weight is 446 g/mol. The Bertz CT molecular complexity index is 1430. The number of hydrogen-bond acceptors (Lipinski definition) is 5. The van der Waals surface area contributed by atoms with E-state index in [1.54, 1.807) is 48.1 Å². The van der Waals surface area contributed by atoms with E-state index in [1.807, 2.05) is 12.1 Å². The van der Waals surface area contributed by atoms with Crippen molar-refractivity contribution < 1.29 is 14.4 Å². The number of rotatable bonds is 3. The third-order valence-corrected chi connectivity index (χ3v) is 5.52. The molecule has 1 aliphatic heterocycles. The fourth-order valence-electron chi connectivity index (χ4n) is 3.87. The molecule has 2 aromatic carbocycles. The Labute approximate surface area is 187 Å². The maximum absolute atomic E-state index is 13.5. The highest BCUT2D eigenvalue weighted by Gasteiger charge is 2.40. The Hall–Kier alpha value is -4.04. The number of anilines is 2. The van der Waals surface area contributed by atoms with Gasteiger partial charge >= 0.3 is 0 Å². The maximum Gasteiger partial charge on any atom is 0.267 e. The smallest absolute Gasteiger partial charge is 0.267 e. The predicted octanol–water partition coefficient (Wildman–Crippen LogP) is 4.05. The van der Waals surface area contributed by atoms with E-state index < -0.39 is 11.8 Å². The SMILES string of the molecule is CC(=O)Nc1ccc(N2C(=O)c3cnc4c(c(-c5ccc(Cl)cc5)nn4C)c3C2=O)cc1. The first-order valence-electron chi connectivity index (χ1n) is 9.73. The van der Waals surface area contributed by atoms with Crippen LogP contribution in [0.4, 0.5) is 11.4 Å². The molecule has 0 bridgehead atoms. The molecule has 3 amide bonds. The van der Waals surface area contributed by atoms with Crippen molar-refractivity contribution >= 4 is 51.7 Å². The van der Waals surface area contributed by atoms with E-state index in [4.69, 9.17) is 11.6 Å². The molecule has 1 N–H and O–H groups in total. The number of hydrogen-bond donors (Lipinski definition) is 1. The van der Waals surface area contributed by atoms with Crippen LogP contribution in [0.5, 0.6) is 0 Å². The van der Waals surface area contributed by atoms with Gasteiger partial charge < -0.3 is 5.32 Å². The molecule has 5 rings (SSSR count). The summed E-state index contributed by atoms with van der Waals surface area (Å²) >= 11 is 6.02. The van der Waals surface area contributed by atoms with Crippen LogP contribution in [0.1, 0.15) is 27.6 Å². The minimum atomic E-state index is -0.461. The molecule has 32 heavy (non-hydrogen) atoms. The third kappa shape index (κ3) is 3.04. The van der Waals surface area contributed by atoms with E-state index in [0.29, 0.717) is 33.1 Å². The van der Waals surface area contributed by atoms with E-state index >= 15 is 0 Å². The van der Waals surface area contributed by atoms with E-state index in [1.165, 1.54) is 13.1 Å². The molecule has 3 heterocycles. The van der Waals surface area contributed by atoms with Crippen LogP contribution >= 0.6 is 11.6 Å². The summed E-state index contributed by atoms with van der Waals surface area (Å²) in [7, 11) is 1.74. The second kappa shape index (κ2) is 7.28. The van der Waals surface area contributed by atoms with Crippen LogP contribution in [0.3, 0.4) is 0 Å². The quantitative estimate of drug-likeness (QED) is 0.480. The molecule has 0 saturated heterocycles. The fourth-order valence-corrected chi connectivity index (χ4v) is 3.99. The van der Waals surface area contributed by atoms with Gasteiger partial charge in [0.05, 0.1) is 22.2 Å². The predicted molar refractivity (Wildman–Crippen MR) is 121 cm³/mol. The Morgan fingerprint density at radius 1 is 1.00 bits per heavy atom. The van der Waals surface area contributed by atoms with Crippen molar-refractivity contribution in [2.24, 2.45) is 7.05 Å². The number of imide groups is 1. The highest BCUT2D eigenvalue weighted by molar-refractivity contribution is 6.38. The van der Waals surface area contributed by atoms with Gasteiger partial charge in [0, 0.05) is 36.4 Å². The van der Waals surface area contributed by atoms with Gasteiger partial charge in [-0.1, -0.05) is 23.7 Å². The summed E-state index contributed by atoms with van der Waals surface area (Å²) in [5.74, 6) is -1.12. The van der Waals surface area contributed by atoms with Crippen molar-refractivity contribution in [3.63, 3.8) is 0 Å². The van der Waals surface area contributed by atoms with Crippen molar-refractivity contribution in [1.82, 2.24) is 14.8 Å². The molecule has 0 saturated carbocycles. The van der Waals surface area contributed by atoms with Crippen LogP contribution < -0.4 is 10.2 Å². The summed E-state index contributed by atoms with van der Waals surface area (Å²) in [6.07, 6.45) is 1.41. The fraction of sp³-hybridized carbons (Fsp3) is 0.0870. The van der Waals surface area contributed by atoms with Gasteiger partial charge in [0.15, 0.2) is 5.65 Å². The largest absolute Gasteiger partial charge is 0.326 e. The molecule has 158 valence electrons. The number of carbonyl (C=O) groups excluding carboxylic acids is 3. The molecule has 0 radical (unpaired) electrons. The lowest BCUT2D eigenvalue weighted by Gasteiger charge is -2.14. The number of aryl methyl sites for hydroxylation is 1. The van der Waals surface area contributed by atoms with Crippen LogP contribution in [0.2, 0.25) is 5.02 Å². The lowest BCUT2D eigenvalue weighted by molar-refractivity contribution is -0.114. The highest BCUT2D eigenvalue weighted by Crippen LogP contribution is 2.37. The van der Waals surface area contributed by atoms with Gasteiger partial charge in [0.1, 0.15) is 5.69 Å². The maximum atomic E-state index is 13.5. The summed E-state index contributed by atoms with van der Waals surface area (Å²) in [6, 6.07) is 13.6. The summed E-state index contributed by atoms with van der Waals surface area (Å²) < 4.78 is 1.59. The van der Waals surface area contributed by atoms with Crippen molar-refractivity contribution in [2.45, 2.75) is 6.92 Å². The Balaban J connectivity index is 1.64. The number of amides is 3.